The number of nitrogens with two attached hydrogens (primary N) is 1. The van der Waals surface area contributed by atoms with E-state index >= 15 is 0 Å². The van der Waals surface area contributed by atoms with E-state index in [4.69, 9.17) is 5.73 Å². The molecule has 0 unspecified atom stereocenters. The number of halogens is 3. The summed E-state index contributed by atoms with van der Waals surface area (Å²) in [6.07, 6.45) is -2.72. The van der Waals surface area contributed by atoms with Gasteiger partial charge in [0.05, 0.1) is 11.8 Å². The summed E-state index contributed by atoms with van der Waals surface area (Å²) in [6.45, 7) is 0. The normalized spacial score (nSPS) is 11.6. The summed E-state index contributed by atoms with van der Waals surface area (Å²) in [6, 6.07) is 12.5. The molecule has 0 bridgehead atoms. The fraction of sp³-hybridized carbons (Fsp3) is 0.0625. The van der Waals surface area contributed by atoms with E-state index in [0.717, 1.165) is 28.8 Å². The van der Waals surface area contributed by atoms with E-state index in [1.165, 1.54) is 12.1 Å². The van der Waals surface area contributed by atoms with Gasteiger partial charge in [-0.05, 0) is 34.9 Å². The van der Waals surface area contributed by atoms with Gasteiger partial charge >= 0.3 is 6.18 Å². The molecule has 0 amide bonds. The monoisotopic (exact) mass is 303 g/mol. The molecular formula is C16H12F3N3. The van der Waals surface area contributed by atoms with Crippen LogP contribution in [-0.4, -0.2) is 10.2 Å². The van der Waals surface area contributed by atoms with Gasteiger partial charge in [0.2, 0.25) is 0 Å². The Morgan fingerprint density at radius 2 is 1.59 bits per heavy atom. The summed E-state index contributed by atoms with van der Waals surface area (Å²) >= 11 is 0. The molecule has 3 nitrogen and oxygen atoms in total. The van der Waals surface area contributed by atoms with E-state index in [1.807, 2.05) is 24.3 Å². The minimum Gasteiger partial charge on any atom is -0.384 e. The average Bonchev–Trinajstić information content (AvgIpc) is 2.93. The van der Waals surface area contributed by atoms with E-state index in [9.17, 15) is 13.2 Å². The molecule has 112 valence electrons. The summed E-state index contributed by atoms with van der Waals surface area (Å²) in [7, 11) is 0. The number of alkyl halides is 3. The first-order valence-corrected chi connectivity index (χ1v) is 6.52. The van der Waals surface area contributed by atoms with Gasteiger partial charge in [-0.2, -0.15) is 18.3 Å². The molecule has 0 saturated carbocycles. The van der Waals surface area contributed by atoms with Crippen molar-refractivity contribution < 1.29 is 13.2 Å². The van der Waals surface area contributed by atoms with E-state index in [2.05, 4.69) is 10.2 Å². The van der Waals surface area contributed by atoms with Crippen LogP contribution in [0.3, 0.4) is 0 Å². The van der Waals surface area contributed by atoms with Crippen molar-refractivity contribution in [2.75, 3.05) is 5.73 Å². The summed E-state index contributed by atoms with van der Waals surface area (Å²) < 4.78 is 37.8. The Morgan fingerprint density at radius 3 is 2.18 bits per heavy atom. The summed E-state index contributed by atoms with van der Waals surface area (Å²) in [5.41, 5.74) is 8.25. The molecule has 0 aliphatic rings. The third-order valence-electron chi connectivity index (χ3n) is 3.39. The van der Waals surface area contributed by atoms with Gasteiger partial charge < -0.3 is 5.73 Å². The van der Waals surface area contributed by atoms with E-state index in [-0.39, 0.29) is 0 Å². The molecule has 0 atom stereocenters. The summed E-state index contributed by atoms with van der Waals surface area (Å²) in [4.78, 5) is 0. The zero-order valence-electron chi connectivity index (χ0n) is 11.4. The molecule has 3 rings (SSSR count). The van der Waals surface area contributed by atoms with Gasteiger partial charge in [-0.3, -0.25) is 5.10 Å². The SMILES string of the molecule is Nc1[nH]ncc1-c1cccc(-c2ccc(C(F)(F)F)cc2)c1. The number of rotatable bonds is 2. The van der Waals surface area contributed by atoms with Gasteiger partial charge in [-0.15, -0.1) is 0 Å². The Labute approximate surface area is 124 Å². The lowest BCUT2D eigenvalue weighted by atomic mass is 9.99. The van der Waals surface area contributed by atoms with Crippen molar-refractivity contribution >= 4 is 5.82 Å². The smallest absolute Gasteiger partial charge is 0.384 e. The zero-order valence-corrected chi connectivity index (χ0v) is 11.4. The largest absolute Gasteiger partial charge is 0.416 e. The van der Waals surface area contributed by atoms with Crippen LogP contribution in [0.1, 0.15) is 5.56 Å². The molecular weight excluding hydrogens is 291 g/mol. The minimum absolute atomic E-state index is 0.449. The predicted molar refractivity (Wildman–Crippen MR) is 78.9 cm³/mol. The van der Waals surface area contributed by atoms with Gasteiger partial charge in [0.1, 0.15) is 5.82 Å². The Balaban J connectivity index is 1.98. The van der Waals surface area contributed by atoms with Crippen LogP contribution >= 0.6 is 0 Å². The van der Waals surface area contributed by atoms with Crippen LogP contribution in [-0.2, 0) is 6.18 Å². The molecule has 1 heterocycles. The number of nitrogen functional groups attached to an aromatic ring is 1. The van der Waals surface area contributed by atoms with Crippen LogP contribution in [0.5, 0.6) is 0 Å². The van der Waals surface area contributed by atoms with E-state index in [1.54, 1.807) is 6.20 Å². The third-order valence-corrected chi connectivity index (χ3v) is 3.39. The van der Waals surface area contributed by atoms with Crippen molar-refractivity contribution in [2.24, 2.45) is 0 Å². The molecule has 0 fully saturated rings. The maximum absolute atomic E-state index is 12.6. The fourth-order valence-corrected chi connectivity index (χ4v) is 2.24. The van der Waals surface area contributed by atoms with Gasteiger partial charge in [-0.25, -0.2) is 0 Å². The van der Waals surface area contributed by atoms with Crippen molar-refractivity contribution in [3.8, 4) is 22.3 Å². The maximum atomic E-state index is 12.6. The van der Waals surface area contributed by atoms with Crippen molar-refractivity contribution in [1.82, 2.24) is 10.2 Å². The molecule has 0 aliphatic carbocycles. The van der Waals surface area contributed by atoms with E-state index < -0.39 is 11.7 Å². The second-order valence-electron chi connectivity index (χ2n) is 4.85. The minimum atomic E-state index is -4.33. The Bertz CT molecular complexity index is 789. The van der Waals surface area contributed by atoms with Gasteiger partial charge in [0, 0.05) is 5.56 Å². The lowest BCUT2D eigenvalue weighted by Gasteiger charge is -2.09. The van der Waals surface area contributed by atoms with Crippen LogP contribution in [0.4, 0.5) is 19.0 Å². The third kappa shape index (κ3) is 2.67. The van der Waals surface area contributed by atoms with Crippen molar-refractivity contribution in [3.63, 3.8) is 0 Å². The molecule has 3 N–H and O–H groups in total. The molecule has 0 aliphatic heterocycles. The van der Waals surface area contributed by atoms with Crippen LogP contribution < -0.4 is 5.73 Å². The molecule has 0 radical (unpaired) electrons. The highest BCUT2D eigenvalue weighted by molar-refractivity contribution is 5.77. The van der Waals surface area contributed by atoms with Crippen LogP contribution in [0.2, 0.25) is 0 Å². The molecule has 2 aromatic carbocycles. The standard InChI is InChI=1S/C16H12F3N3/c17-16(18,19)13-6-4-10(5-7-13)11-2-1-3-12(8-11)14-9-21-22-15(14)20/h1-9H,(H3,20,21,22). The molecule has 6 heteroatoms. The maximum Gasteiger partial charge on any atom is 0.416 e. The summed E-state index contributed by atoms with van der Waals surface area (Å²) in [5.74, 6) is 0.449. The Hall–Kier alpha value is -2.76. The second kappa shape index (κ2) is 5.22. The zero-order chi connectivity index (χ0) is 15.7. The lowest BCUT2D eigenvalue weighted by molar-refractivity contribution is -0.137. The first kappa shape index (κ1) is 14.2. The van der Waals surface area contributed by atoms with Crippen LogP contribution in [0, 0.1) is 0 Å². The van der Waals surface area contributed by atoms with Gasteiger partial charge in [0.15, 0.2) is 0 Å². The van der Waals surface area contributed by atoms with Crippen molar-refractivity contribution in [1.29, 1.82) is 0 Å². The second-order valence-corrected chi connectivity index (χ2v) is 4.85. The fourth-order valence-electron chi connectivity index (χ4n) is 2.24. The number of aromatic amines is 1. The molecule has 22 heavy (non-hydrogen) atoms. The van der Waals surface area contributed by atoms with Gasteiger partial charge in [0.25, 0.3) is 0 Å². The molecule has 1 aromatic heterocycles. The highest BCUT2D eigenvalue weighted by Gasteiger charge is 2.29. The number of nitrogens with zero attached hydrogens (tertiary/aromatic N) is 1. The van der Waals surface area contributed by atoms with Crippen molar-refractivity contribution in [2.45, 2.75) is 6.18 Å². The average molecular weight is 303 g/mol. The molecule has 0 saturated heterocycles. The van der Waals surface area contributed by atoms with Crippen molar-refractivity contribution in [3.05, 3.63) is 60.3 Å². The highest BCUT2D eigenvalue weighted by atomic mass is 19.4. The van der Waals surface area contributed by atoms with Gasteiger partial charge in [-0.1, -0.05) is 30.3 Å². The van der Waals surface area contributed by atoms with Crippen LogP contribution in [0.15, 0.2) is 54.7 Å². The molecule has 3 aromatic rings. The Morgan fingerprint density at radius 1 is 0.909 bits per heavy atom. The topological polar surface area (TPSA) is 54.7 Å². The number of hydrogen-bond acceptors (Lipinski definition) is 2. The number of aromatic nitrogens is 2. The first-order valence-electron chi connectivity index (χ1n) is 6.52. The number of H-pyrrole nitrogens is 1. The number of hydrogen-bond donors (Lipinski definition) is 2. The van der Waals surface area contributed by atoms with Crippen LogP contribution in [0.25, 0.3) is 22.3 Å². The number of benzene rings is 2. The Kier molecular flexibility index (Phi) is 3.36. The predicted octanol–water partition coefficient (Wildman–Crippen LogP) is 4.34. The van der Waals surface area contributed by atoms with E-state index in [0.29, 0.717) is 11.4 Å². The first-order chi connectivity index (χ1) is 10.4. The number of anilines is 1. The molecule has 0 spiro atoms. The number of nitrogens with one attached hydrogen (secondary N) is 1. The quantitative estimate of drug-likeness (QED) is 0.739. The summed E-state index contributed by atoms with van der Waals surface area (Å²) in [5, 5.41) is 6.52. The highest BCUT2D eigenvalue weighted by Crippen LogP contribution is 2.32. The lowest BCUT2D eigenvalue weighted by Crippen LogP contribution is -2.03.